The predicted octanol–water partition coefficient (Wildman–Crippen LogP) is 3.32. The Kier molecular flexibility index (Phi) is 3.23. The van der Waals surface area contributed by atoms with Gasteiger partial charge in [0.25, 0.3) is 0 Å². The summed E-state index contributed by atoms with van der Waals surface area (Å²) in [6.07, 6.45) is 4.33. The van der Waals surface area contributed by atoms with Gasteiger partial charge in [-0.25, -0.2) is 0 Å². The molecule has 0 amide bonds. The Labute approximate surface area is 103 Å². The average Bonchev–Trinajstić information content (AvgIpc) is 3.07. The Hall–Kier alpha value is -1.31. The smallest absolute Gasteiger partial charge is 0.304 e. The van der Waals surface area contributed by atoms with Crippen LogP contribution in [0.1, 0.15) is 49.8 Å². The minimum absolute atomic E-state index is 0.0518. The molecule has 2 heteroatoms. The molecular formula is C15H20O2. The predicted molar refractivity (Wildman–Crippen MR) is 68.4 cm³/mol. The van der Waals surface area contributed by atoms with Crippen molar-refractivity contribution in [3.05, 3.63) is 34.9 Å². The number of carbonyl (C=O) groups is 1. The Morgan fingerprint density at radius 3 is 2.12 bits per heavy atom. The van der Waals surface area contributed by atoms with Crippen LogP contribution in [-0.4, -0.2) is 11.1 Å². The highest BCUT2D eigenvalue weighted by molar-refractivity contribution is 5.70. The molecule has 0 saturated heterocycles. The third kappa shape index (κ3) is 2.21. The molecule has 1 N–H and O–H groups in total. The number of carboxylic acids is 1. The Balaban J connectivity index is 2.46. The summed E-state index contributed by atoms with van der Waals surface area (Å²) in [4.78, 5) is 11.0. The van der Waals surface area contributed by atoms with Crippen molar-refractivity contribution in [3.8, 4) is 0 Å². The number of hydrogen-bond acceptors (Lipinski definition) is 1. The molecule has 0 aromatic heterocycles. The quantitative estimate of drug-likeness (QED) is 0.845. The van der Waals surface area contributed by atoms with Crippen molar-refractivity contribution >= 4 is 5.97 Å². The summed E-state index contributed by atoms with van der Waals surface area (Å²) in [5.41, 5.74) is 3.96. The van der Waals surface area contributed by atoms with Crippen molar-refractivity contribution in [1.29, 1.82) is 0 Å². The molecule has 1 saturated carbocycles. The Morgan fingerprint density at radius 2 is 1.76 bits per heavy atom. The van der Waals surface area contributed by atoms with E-state index in [2.05, 4.69) is 32.0 Å². The molecule has 1 fully saturated rings. The molecule has 1 aromatic rings. The van der Waals surface area contributed by atoms with Crippen LogP contribution in [0.5, 0.6) is 0 Å². The van der Waals surface area contributed by atoms with E-state index in [0.717, 1.165) is 25.7 Å². The van der Waals surface area contributed by atoms with E-state index in [1.165, 1.54) is 16.7 Å². The van der Waals surface area contributed by atoms with E-state index in [9.17, 15) is 4.79 Å². The first-order valence-electron chi connectivity index (χ1n) is 6.46. The van der Waals surface area contributed by atoms with Gasteiger partial charge in [0.15, 0.2) is 0 Å². The first-order chi connectivity index (χ1) is 8.13. The van der Waals surface area contributed by atoms with E-state index in [-0.39, 0.29) is 11.8 Å². The van der Waals surface area contributed by atoms with Crippen LogP contribution >= 0.6 is 0 Å². The third-order valence-corrected chi connectivity index (χ3v) is 3.87. The van der Waals surface area contributed by atoms with E-state index in [4.69, 9.17) is 5.11 Å². The summed E-state index contributed by atoms with van der Waals surface area (Å²) in [6.45, 7) is 4.30. The Bertz CT molecular complexity index is 408. The molecule has 0 atom stereocenters. The molecule has 0 unspecified atom stereocenters. The lowest BCUT2D eigenvalue weighted by Crippen LogP contribution is -2.17. The van der Waals surface area contributed by atoms with Gasteiger partial charge in [0.1, 0.15) is 0 Å². The Morgan fingerprint density at radius 1 is 1.24 bits per heavy atom. The number of carboxylic acid groups (broad SMARTS) is 1. The van der Waals surface area contributed by atoms with Crippen molar-refractivity contribution < 1.29 is 9.90 Å². The molecule has 2 rings (SSSR count). The van der Waals surface area contributed by atoms with Gasteiger partial charge in [-0.3, -0.25) is 4.79 Å². The van der Waals surface area contributed by atoms with Gasteiger partial charge in [-0.05, 0) is 42.4 Å². The van der Waals surface area contributed by atoms with Gasteiger partial charge in [0.2, 0.25) is 0 Å². The van der Waals surface area contributed by atoms with Gasteiger partial charge in [-0.2, -0.15) is 0 Å². The fraction of sp³-hybridized carbons (Fsp3) is 0.533. The van der Waals surface area contributed by atoms with E-state index >= 15 is 0 Å². The molecule has 0 aliphatic heterocycles. The SMILES string of the molecule is CCc1cccc(CC)c1C1(CC(=O)O)CC1. The maximum absolute atomic E-state index is 11.0. The molecule has 0 radical (unpaired) electrons. The van der Waals surface area contributed by atoms with Crippen LogP contribution in [0.2, 0.25) is 0 Å². The zero-order chi connectivity index (χ0) is 12.5. The van der Waals surface area contributed by atoms with Gasteiger partial charge >= 0.3 is 5.97 Å². The number of aryl methyl sites for hydroxylation is 2. The lowest BCUT2D eigenvalue weighted by Gasteiger charge is -2.21. The number of benzene rings is 1. The molecule has 0 bridgehead atoms. The lowest BCUT2D eigenvalue weighted by atomic mass is 9.83. The minimum atomic E-state index is -0.671. The number of aliphatic carboxylic acids is 1. The van der Waals surface area contributed by atoms with Crippen LogP contribution in [0.3, 0.4) is 0 Å². The molecule has 17 heavy (non-hydrogen) atoms. The van der Waals surface area contributed by atoms with Crippen LogP contribution in [0.25, 0.3) is 0 Å². The van der Waals surface area contributed by atoms with Crippen LogP contribution in [0.15, 0.2) is 18.2 Å². The minimum Gasteiger partial charge on any atom is -0.481 e. The van der Waals surface area contributed by atoms with E-state index in [0.29, 0.717) is 0 Å². The highest BCUT2D eigenvalue weighted by Gasteiger charge is 2.47. The highest BCUT2D eigenvalue weighted by Crippen LogP contribution is 2.53. The summed E-state index contributed by atoms with van der Waals surface area (Å²) < 4.78 is 0. The standard InChI is InChI=1S/C15H20O2/c1-3-11-6-5-7-12(4-2)14(11)15(8-9-15)10-13(16)17/h5-7H,3-4,8-10H2,1-2H3,(H,16,17). The zero-order valence-electron chi connectivity index (χ0n) is 10.6. The maximum Gasteiger partial charge on any atom is 0.304 e. The van der Waals surface area contributed by atoms with Crippen molar-refractivity contribution in [2.75, 3.05) is 0 Å². The van der Waals surface area contributed by atoms with E-state index in [1.807, 2.05) is 0 Å². The van der Waals surface area contributed by atoms with E-state index < -0.39 is 5.97 Å². The van der Waals surface area contributed by atoms with Crippen molar-refractivity contribution in [1.82, 2.24) is 0 Å². The molecular weight excluding hydrogens is 212 g/mol. The first kappa shape index (κ1) is 12.2. The number of hydrogen-bond donors (Lipinski definition) is 1. The molecule has 1 aliphatic rings. The van der Waals surface area contributed by atoms with Crippen molar-refractivity contribution in [2.24, 2.45) is 0 Å². The second-order valence-electron chi connectivity index (χ2n) is 5.01. The maximum atomic E-state index is 11.0. The normalized spacial score (nSPS) is 16.8. The third-order valence-electron chi connectivity index (χ3n) is 3.87. The summed E-state index contributed by atoms with van der Waals surface area (Å²) >= 11 is 0. The molecule has 0 spiro atoms. The van der Waals surface area contributed by atoms with Gasteiger partial charge in [-0.15, -0.1) is 0 Å². The van der Waals surface area contributed by atoms with Gasteiger partial charge in [-0.1, -0.05) is 32.0 Å². The molecule has 1 aromatic carbocycles. The summed E-state index contributed by atoms with van der Waals surface area (Å²) in [7, 11) is 0. The highest BCUT2D eigenvalue weighted by atomic mass is 16.4. The summed E-state index contributed by atoms with van der Waals surface area (Å²) in [5, 5.41) is 9.08. The van der Waals surface area contributed by atoms with Crippen LogP contribution in [0, 0.1) is 0 Å². The second kappa shape index (κ2) is 4.52. The van der Waals surface area contributed by atoms with Crippen LogP contribution in [-0.2, 0) is 23.1 Å². The zero-order valence-corrected chi connectivity index (χ0v) is 10.6. The van der Waals surface area contributed by atoms with Gasteiger partial charge in [0.05, 0.1) is 6.42 Å². The van der Waals surface area contributed by atoms with Gasteiger partial charge < -0.3 is 5.11 Å². The summed E-state index contributed by atoms with van der Waals surface area (Å²) in [5.74, 6) is -0.671. The van der Waals surface area contributed by atoms with E-state index in [1.54, 1.807) is 0 Å². The molecule has 1 aliphatic carbocycles. The topological polar surface area (TPSA) is 37.3 Å². The fourth-order valence-electron chi connectivity index (χ4n) is 2.88. The first-order valence-corrected chi connectivity index (χ1v) is 6.46. The van der Waals surface area contributed by atoms with Crippen LogP contribution < -0.4 is 0 Å². The molecule has 2 nitrogen and oxygen atoms in total. The van der Waals surface area contributed by atoms with Crippen molar-refractivity contribution in [3.63, 3.8) is 0 Å². The van der Waals surface area contributed by atoms with Crippen LogP contribution in [0.4, 0.5) is 0 Å². The molecule has 92 valence electrons. The fourth-order valence-corrected chi connectivity index (χ4v) is 2.88. The van der Waals surface area contributed by atoms with Gasteiger partial charge in [0, 0.05) is 5.41 Å². The van der Waals surface area contributed by atoms with Crippen molar-refractivity contribution in [2.45, 2.75) is 51.4 Å². The lowest BCUT2D eigenvalue weighted by molar-refractivity contribution is -0.137. The second-order valence-corrected chi connectivity index (χ2v) is 5.01. The summed E-state index contributed by atoms with van der Waals surface area (Å²) in [6, 6.07) is 6.39. The molecule has 0 heterocycles. The average molecular weight is 232 g/mol. The monoisotopic (exact) mass is 232 g/mol. The number of rotatable bonds is 5. The largest absolute Gasteiger partial charge is 0.481 e.